The smallest absolute Gasteiger partial charge is 0.254 e. The van der Waals surface area contributed by atoms with E-state index in [1.54, 1.807) is 30.0 Å². The van der Waals surface area contributed by atoms with Crippen LogP contribution in [0.4, 0.5) is 0 Å². The molecular formula is C19H22N2O3. The molecule has 24 heavy (non-hydrogen) atoms. The summed E-state index contributed by atoms with van der Waals surface area (Å²) in [5, 5.41) is 9.81. The van der Waals surface area contributed by atoms with Crippen molar-refractivity contribution in [2.24, 2.45) is 5.73 Å². The van der Waals surface area contributed by atoms with Crippen LogP contribution >= 0.6 is 0 Å². The summed E-state index contributed by atoms with van der Waals surface area (Å²) in [4.78, 5) is 25.5. The van der Waals surface area contributed by atoms with Crippen molar-refractivity contribution >= 4 is 11.8 Å². The van der Waals surface area contributed by atoms with E-state index in [9.17, 15) is 14.7 Å². The molecule has 0 unspecified atom stereocenters. The van der Waals surface area contributed by atoms with Gasteiger partial charge in [-0.3, -0.25) is 9.59 Å². The molecule has 0 aromatic heterocycles. The van der Waals surface area contributed by atoms with Crippen LogP contribution in [0.3, 0.4) is 0 Å². The summed E-state index contributed by atoms with van der Waals surface area (Å²) < 4.78 is 0. The molecule has 5 heteroatoms. The third-order valence-corrected chi connectivity index (χ3v) is 3.96. The number of aromatic hydroxyl groups is 1. The van der Waals surface area contributed by atoms with Gasteiger partial charge in [0.25, 0.3) is 5.91 Å². The number of nitrogens with zero attached hydrogens (tertiary/aromatic N) is 1. The summed E-state index contributed by atoms with van der Waals surface area (Å²) in [6, 6.07) is 14.7. The lowest BCUT2D eigenvalue weighted by molar-refractivity contribution is -0.118. The Bertz CT molecular complexity index is 714. The summed E-state index contributed by atoms with van der Waals surface area (Å²) >= 11 is 0. The second-order valence-corrected chi connectivity index (χ2v) is 5.69. The average Bonchev–Trinajstić information content (AvgIpc) is 2.57. The highest BCUT2D eigenvalue weighted by Crippen LogP contribution is 2.21. The number of rotatable bonds is 7. The van der Waals surface area contributed by atoms with Gasteiger partial charge in [0.1, 0.15) is 5.75 Å². The van der Waals surface area contributed by atoms with Crippen molar-refractivity contribution in [2.45, 2.75) is 19.8 Å². The van der Waals surface area contributed by atoms with Gasteiger partial charge in [0.15, 0.2) is 0 Å². The SMILES string of the molecule is Cc1c(O)cccc1C(=O)N(CCC(N)=O)CCc1ccccc1. The Hall–Kier alpha value is -2.82. The Labute approximate surface area is 141 Å². The molecule has 0 aliphatic heterocycles. The Balaban J connectivity index is 2.16. The maximum atomic E-state index is 12.8. The minimum atomic E-state index is -0.444. The van der Waals surface area contributed by atoms with Gasteiger partial charge in [-0.15, -0.1) is 0 Å². The van der Waals surface area contributed by atoms with E-state index < -0.39 is 5.91 Å². The van der Waals surface area contributed by atoms with Crippen LogP contribution in [-0.2, 0) is 11.2 Å². The molecule has 0 saturated heterocycles. The molecule has 0 fully saturated rings. The van der Waals surface area contributed by atoms with Gasteiger partial charge in [-0.1, -0.05) is 36.4 Å². The lowest BCUT2D eigenvalue weighted by atomic mass is 10.1. The van der Waals surface area contributed by atoms with Crippen molar-refractivity contribution in [3.8, 4) is 5.75 Å². The van der Waals surface area contributed by atoms with E-state index in [-0.39, 0.29) is 24.6 Å². The molecule has 0 aliphatic rings. The first-order chi connectivity index (χ1) is 11.5. The number of carbonyl (C=O) groups is 2. The Morgan fingerprint density at radius 1 is 1.04 bits per heavy atom. The number of phenols is 1. The van der Waals surface area contributed by atoms with Gasteiger partial charge in [-0.05, 0) is 31.0 Å². The number of nitrogens with two attached hydrogens (primary N) is 1. The van der Waals surface area contributed by atoms with Crippen LogP contribution in [0.15, 0.2) is 48.5 Å². The van der Waals surface area contributed by atoms with Crippen molar-refractivity contribution in [1.82, 2.24) is 4.90 Å². The predicted octanol–water partition coefficient (Wildman–Crippen LogP) is 2.26. The van der Waals surface area contributed by atoms with Crippen molar-refractivity contribution in [2.75, 3.05) is 13.1 Å². The minimum Gasteiger partial charge on any atom is -0.508 e. The normalized spacial score (nSPS) is 10.4. The van der Waals surface area contributed by atoms with Crippen LogP contribution < -0.4 is 5.73 Å². The highest BCUT2D eigenvalue weighted by atomic mass is 16.3. The van der Waals surface area contributed by atoms with Crippen LogP contribution in [0.2, 0.25) is 0 Å². The molecular weight excluding hydrogens is 304 g/mol. The second-order valence-electron chi connectivity index (χ2n) is 5.69. The molecule has 126 valence electrons. The van der Waals surface area contributed by atoms with E-state index in [0.717, 1.165) is 5.56 Å². The van der Waals surface area contributed by atoms with Crippen LogP contribution in [0.1, 0.15) is 27.9 Å². The number of benzene rings is 2. The highest BCUT2D eigenvalue weighted by molar-refractivity contribution is 5.96. The summed E-state index contributed by atoms with van der Waals surface area (Å²) in [7, 11) is 0. The van der Waals surface area contributed by atoms with Gasteiger partial charge < -0.3 is 15.7 Å². The molecule has 2 amide bonds. The fraction of sp³-hybridized carbons (Fsp3) is 0.263. The zero-order valence-corrected chi connectivity index (χ0v) is 13.7. The van der Waals surface area contributed by atoms with Gasteiger partial charge in [-0.25, -0.2) is 0 Å². The number of hydrogen-bond donors (Lipinski definition) is 2. The molecule has 2 aromatic rings. The molecule has 0 aliphatic carbocycles. The third-order valence-electron chi connectivity index (χ3n) is 3.96. The molecule has 0 spiro atoms. The van der Waals surface area contributed by atoms with Crippen molar-refractivity contribution in [3.05, 3.63) is 65.2 Å². The quantitative estimate of drug-likeness (QED) is 0.818. The molecule has 3 N–H and O–H groups in total. The van der Waals surface area contributed by atoms with E-state index >= 15 is 0 Å². The predicted molar refractivity (Wildman–Crippen MR) is 92.7 cm³/mol. The summed E-state index contributed by atoms with van der Waals surface area (Å²) in [5.41, 5.74) is 7.31. The van der Waals surface area contributed by atoms with Crippen molar-refractivity contribution in [3.63, 3.8) is 0 Å². The molecule has 2 aromatic carbocycles. The van der Waals surface area contributed by atoms with Crippen LogP contribution in [-0.4, -0.2) is 34.9 Å². The van der Waals surface area contributed by atoms with Crippen molar-refractivity contribution in [1.29, 1.82) is 0 Å². The monoisotopic (exact) mass is 326 g/mol. The number of hydrogen-bond acceptors (Lipinski definition) is 3. The van der Waals surface area contributed by atoms with Crippen LogP contribution in [0.25, 0.3) is 0 Å². The lowest BCUT2D eigenvalue weighted by Gasteiger charge is -2.23. The Kier molecular flexibility index (Phi) is 5.95. The minimum absolute atomic E-state index is 0.0822. The topological polar surface area (TPSA) is 83.6 Å². The zero-order chi connectivity index (χ0) is 17.5. The number of primary amides is 1. The second kappa shape index (κ2) is 8.15. The van der Waals surface area contributed by atoms with Gasteiger partial charge in [0, 0.05) is 30.6 Å². The molecule has 0 radical (unpaired) electrons. The van der Waals surface area contributed by atoms with E-state index in [1.165, 1.54) is 0 Å². The molecule has 2 rings (SSSR count). The maximum Gasteiger partial charge on any atom is 0.254 e. The van der Waals surface area contributed by atoms with Gasteiger partial charge in [-0.2, -0.15) is 0 Å². The molecule has 0 saturated carbocycles. The lowest BCUT2D eigenvalue weighted by Crippen LogP contribution is -2.36. The first kappa shape index (κ1) is 17.5. The molecule has 0 atom stereocenters. The molecule has 0 heterocycles. The van der Waals surface area contributed by atoms with Gasteiger partial charge in [0.2, 0.25) is 5.91 Å². The zero-order valence-electron chi connectivity index (χ0n) is 13.7. The highest BCUT2D eigenvalue weighted by Gasteiger charge is 2.19. The van der Waals surface area contributed by atoms with Gasteiger partial charge >= 0.3 is 0 Å². The standard InChI is InChI=1S/C19H22N2O3/c1-14-16(8-5-9-17(14)22)19(24)21(13-11-18(20)23)12-10-15-6-3-2-4-7-15/h2-9,22H,10-13H2,1H3,(H2,20,23). The van der Waals surface area contributed by atoms with E-state index in [0.29, 0.717) is 24.1 Å². The van der Waals surface area contributed by atoms with Gasteiger partial charge in [0.05, 0.1) is 0 Å². The fourth-order valence-electron chi connectivity index (χ4n) is 2.49. The summed E-state index contributed by atoms with van der Waals surface area (Å²) in [5.74, 6) is -0.570. The Morgan fingerprint density at radius 3 is 2.42 bits per heavy atom. The average molecular weight is 326 g/mol. The van der Waals surface area contributed by atoms with Crippen molar-refractivity contribution < 1.29 is 14.7 Å². The first-order valence-corrected chi connectivity index (χ1v) is 7.89. The Morgan fingerprint density at radius 2 is 1.75 bits per heavy atom. The van der Waals surface area contributed by atoms with Crippen LogP contribution in [0, 0.1) is 6.92 Å². The fourth-order valence-corrected chi connectivity index (χ4v) is 2.49. The summed E-state index contributed by atoms with van der Waals surface area (Å²) in [6.45, 7) is 2.44. The van der Waals surface area contributed by atoms with E-state index in [1.807, 2.05) is 30.3 Å². The third kappa shape index (κ3) is 4.59. The molecule has 5 nitrogen and oxygen atoms in total. The summed E-state index contributed by atoms with van der Waals surface area (Å²) in [6.07, 6.45) is 0.793. The van der Waals surface area contributed by atoms with E-state index in [4.69, 9.17) is 5.73 Å². The maximum absolute atomic E-state index is 12.8. The number of phenolic OH excluding ortho intramolecular Hbond substituents is 1. The van der Waals surface area contributed by atoms with Crippen LogP contribution in [0.5, 0.6) is 5.75 Å². The van der Waals surface area contributed by atoms with E-state index in [2.05, 4.69) is 0 Å². The molecule has 0 bridgehead atoms. The largest absolute Gasteiger partial charge is 0.508 e. The number of carbonyl (C=O) groups excluding carboxylic acids is 2. The first-order valence-electron chi connectivity index (χ1n) is 7.89. The number of amides is 2.